The van der Waals surface area contributed by atoms with E-state index in [1.54, 1.807) is 6.92 Å². The zero-order valence-corrected chi connectivity index (χ0v) is 11.6. The van der Waals surface area contributed by atoms with Gasteiger partial charge in [0.25, 0.3) is 10.0 Å². The second-order valence-corrected chi connectivity index (χ2v) is 5.77. The lowest BCUT2D eigenvalue weighted by molar-refractivity contribution is 0.318. The van der Waals surface area contributed by atoms with Crippen LogP contribution in [0.4, 0.5) is 10.1 Å². The van der Waals surface area contributed by atoms with Gasteiger partial charge in [0, 0.05) is 5.56 Å². The number of aromatic nitrogens is 2. The minimum Gasteiger partial charge on any atom is -0.409 e. The van der Waals surface area contributed by atoms with Crippen molar-refractivity contribution in [3.8, 4) is 0 Å². The Bertz CT molecular complexity index is 800. The van der Waals surface area contributed by atoms with E-state index in [-0.39, 0.29) is 22.1 Å². The lowest BCUT2D eigenvalue weighted by atomic mass is 10.2. The van der Waals surface area contributed by atoms with Crippen LogP contribution in [0.2, 0.25) is 0 Å². The highest BCUT2D eigenvalue weighted by atomic mass is 32.2. The molecule has 8 nitrogen and oxygen atoms in total. The number of sulfonamides is 1. The second kappa shape index (κ2) is 5.40. The summed E-state index contributed by atoms with van der Waals surface area (Å²) >= 11 is 0. The van der Waals surface area contributed by atoms with Crippen LogP contribution >= 0.6 is 0 Å². The average molecular weight is 313 g/mol. The maximum Gasteiger partial charge on any atom is 0.279 e. The summed E-state index contributed by atoms with van der Waals surface area (Å²) in [7, 11) is -3.97. The molecule has 21 heavy (non-hydrogen) atoms. The van der Waals surface area contributed by atoms with Gasteiger partial charge in [0.15, 0.2) is 10.9 Å². The van der Waals surface area contributed by atoms with Crippen LogP contribution in [0.5, 0.6) is 0 Å². The fraction of sp³-hybridized carbons (Fsp3) is 0.0909. The molecule has 2 rings (SSSR count). The number of imidazole rings is 1. The Morgan fingerprint density at radius 3 is 2.76 bits per heavy atom. The molecule has 0 amide bonds. The van der Waals surface area contributed by atoms with E-state index in [1.165, 1.54) is 12.1 Å². The van der Waals surface area contributed by atoms with Crippen molar-refractivity contribution in [3.63, 3.8) is 0 Å². The van der Waals surface area contributed by atoms with Gasteiger partial charge in [-0.15, -0.1) is 0 Å². The smallest absolute Gasteiger partial charge is 0.279 e. The van der Waals surface area contributed by atoms with Crippen LogP contribution in [0.3, 0.4) is 0 Å². The van der Waals surface area contributed by atoms with Crippen LogP contribution in [0, 0.1) is 12.7 Å². The van der Waals surface area contributed by atoms with Crippen molar-refractivity contribution in [1.29, 1.82) is 0 Å². The molecule has 2 aromatic rings. The van der Waals surface area contributed by atoms with Crippen LogP contribution in [0.15, 0.2) is 34.6 Å². The van der Waals surface area contributed by atoms with Crippen molar-refractivity contribution in [2.75, 3.05) is 4.72 Å². The van der Waals surface area contributed by atoms with Crippen molar-refractivity contribution >= 4 is 21.5 Å². The molecule has 112 valence electrons. The number of nitrogens with two attached hydrogens (primary N) is 1. The predicted molar refractivity (Wildman–Crippen MR) is 73.0 cm³/mol. The number of hydrogen-bond acceptors (Lipinski definition) is 5. The van der Waals surface area contributed by atoms with Gasteiger partial charge in [0.2, 0.25) is 0 Å². The normalized spacial score (nSPS) is 12.4. The van der Waals surface area contributed by atoms with Crippen molar-refractivity contribution in [1.82, 2.24) is 9.97 Å². The molecule has 0 fully saturated rings. The summed E-state index contributed by atoms with van der Waals surface area (Å²) in [5.74, 6) is -0.732. The first-order valence-corrected chi connectivity index (χ1v) is 7.13. The zero-order chi connectivity index (χ0) is 15.6. The Hall–Kier alpha value is -2.62. The van der Waals surface area contributed by atoms with Gasteiger partial charge in [-0.05, 0) is 25.1 Å². The summed E-state index contributed by atoms with van der Waals surface area (Å²) in [6.45, 7) is 1.59. The van der Waals surface area contributed by atoms with E-state index < -0.39 is 15.8 Å². The maximum atomic E-state index is 13.9. The van der Waals surface area contributed by atoms with Crippen molar-refractivity contribution in [2.45, 2.75) is 11.9 Å². The number of H-pyrrole nitrogens is 1. The van der Waals surface area contributed by atoms with E-state index in [4.69, 9.17) is 10.9 Å². The quantitative estimate of drug-likeness (QED) is 0.286. The topological polar surface area (TPSA) is 133 Å². The third kappa shape index (κ3) is 3.11. The van der Waals surface area contributed by atoms with Crippen LogP contribution in [-0.4, -0.2) is 29.4 Å². The lowest BCUT2D eigenvalue weighted by Gasteiger charge is -2.08. The number of aromatic amines is 1. The third-order valence-corrected chi connectivity index (χ3v) is 3.86. The molecule has 0 atom stereocenters. The monoisotopic (exact) mass is 313 g/mol. The van der Waals surface area contributed by atoms with E-state index in [0.717, 1.165) is 12.3 Å². The number of anilines is 1. The summed E-state index contributed by atoms with van der Waals surface area (Å²) in [5.41, 5.74) is 5.17. The molecular weight excluding hydrogens is 301 g/mol. The van der Waals surface area contributed by atoms with Crippen molar-refractivity contribution < 1.29 is 18.0 Å². The maximum absolute atomic E-state index is 13.9. The Morgan fingerprint density at radius 1 is 1.52 bits per heavy atom. The Morgan fingerprint density at radius 2 is 2.24 bits per heavy atom. The predicted octanol–water partition coefficient (Wildman–Crippen LogP) is 0.753. The van der Waals surface area contributed by atoms with E-state index in [9.17, 15) is 12.8 Å². The molecule has 0 aliphatic carbocycles. The molecule has 0 aliphatic heterocycles. The fourth-order valence-corrected chi connectivity index (χ4v) is 2.59. The van der Waals surface area contributed by atoms with Gasteiger partial charge in [-0.2, -0.15) is 8.42 Å². The molecule has 0 saturated heterocycles. The van der Waals surface area contributed by atoms with E-state index in [1.807, 2.05) is 0 Å². The number of amidine groups is 1. The van der Waals surface area contributed by atoms with Crippen LogP contribution in [-0.2, 0) is 10.0 Å². The number of halogens is 1. The summed E-state index contributed by atoms with van der Waals surface area (Å²) in [4.78, 5) is 6.31. The summed E-state index contributed by atoms with van der Waals surface area (Å²) < 4.78 is 39.9. The Balaban J connectivity index is 2.32. The number of nitrogens with zero attached hydrogens (tertiary/aromatic N) is 2. The largest absolute Gasteiger partial charge is 0.409 e. The van der Waals surface area contributed by atoms with Gasteiger partial charge in [0.05, 0.1) is 11.9 Å². The minimum absolute atomic E-state index is 0.121. The molecule has 5 N–H and O–H groups in total. The molecule has 1 aromatic carbocycles. The highest BCUT2D eigenvalue weighted by molar-refractivity contribution is 7.92. The molecular formula is C11H12FN5O3S. The second-order valence-electron chi connectivity index (χ2n) is 4.12. The molecule has 10 heteroatoms. The van der Waals surface area contributed by atoms with Gasteiger partial charge in [-0.3, -0.25) is 4.72 Å². The molecule has 0 unspecified atom stereocenters. The first-order valence-electron chi connectivity index (χ1n) is 5.65. The Kier molecular flexibility index (Phi) is 3.80. The molecule has 0 aliphatic rings. The van der Waals surface area contributed by atoms with E-state index in [2.05, 4.69) is 19.8 Å². The number of benzene rings is 1. The van der Waals surface area contributed by atoms with Gasteiger partial charge in [-0.1, -0.05) is 5.16 Å². The number of nitrogens with one attached hydrogen (secondary N) is 2. The zero-order valence-electron chi connectivity index (χ0n) is 10.8. The van der Waals surface area contributed by atoms with Crippen molar-refractivity contribution in [2.24, 2.45) is 10.9 Å². The number of oxime groups is 1. The standard InChI is InChI=1S/C11H12FN5O3S/c1-6-14-5-10(15-6)21(19,20)17-9-3-2-7(4-8(9)12)11(13)16-18/h2-5,17-18H,1H3,(H2,13,16)(H,14,15). The highest BCUT2D eigenvalue weighted by Crippen LogP contribution is 2.19. The van der Waals surface area contributed by atoms with Crippen LogP contribution in [0.1, 0.15) is 11.4 Å². The molecule has 0 saturated carbocycles. The van der Waals surface area contributed by atoms with Gasteiger partial charge < -0.3 is 15.9 Å². The number of rotatable bonds is 4. The molecule has 0 radical (unpaired) electrons. The number of hydrogen-bond donors (Lipinski definition) is 4. The number of aryl methyl sites for hydroxylation is 1. The first kappa shape index (κ1) is 14.8. The summed E-state index contributed by atoms with van der Waals surface area (Å²) in [6.07, 6.45) is 1.13. The van der Waals surface area contributed by atoms with Gasteiger partial charge >= 0.3 is 0 Å². The average Bonchev–Trinajstić information content (AvgIpc) is 2.87. The van der Waals surface area contributed by atoms with Crippen LogP contribution in [0.25, 0.3) is 0 Å². The highest BCUT2D eigenvalue weighted by Gasteiger charge is 2.19. The molecule has 1 heterocycles. The van der Waals surface area contributed by atoms with E-state index >= 15 is 0 Å². The van der Waals surface area contributed by atoms with Crippen molar-refractivity contribution in [3.05, 3.63) is 41.6 Å². The minimum atomic E-state index is -3.97. The lowest BCUT2D eigenvalue weighted by Crippen LogP contribution is -2.16. The fourth-order valence-electron chi connectivity index (χ4n) is 1.55. The van der Waals surface area contributed by atoms with Gasteiger partial charge in [-0.25, -0.2) is 9.37 Å². The summed E-state index contributed by atoms with van der Waals surface area (Å²) in [6, 6.07) is 3.43. The molecule has 0 bridgehead atoms. The SMILES string of the molecule is Cc1ncc(S(=O)(=O)Nc2ccc(/C(N)=N/O)cc2F)[nH]1. The van der Waals surface area contributed by atoms with Gasteiger partial charge in [0.1, 0.15) is 11.6 Å². The summed E-state index contributed by atoms with van der Waals surface area (Å²) in [5, 5.41) is 11.1. The van der Waals surface area contributed by atoms with Crippen LogP contribution < -0.4 is 10.5 Å². The third-order valence-electron chi connectivity index (χ3n) is 2.59. The van der Waals surface area contributed by atoms with E-state index in [0.29, 0.717) is 5.82 Å². The molecule has 1 aromatic heterocycles. The first-order chi connectivity index (χ1) is 9.83. The molecule has 0 spiro atoms. The Labute approximate surface area is 119 Å².